The van der Waals surface area contributed by atoms with E-state index in [1.807, 2.05) is 0 Å². The Morgan fingerprint density at radius 1 is 1.26 bits per heavy atom. The Labute approximate surface area is 161 Å². The van der Waals surface area contributed by atoms with Crippen molar-refractivity contribution < 1.29 is 22.4 Å². The van der Waals surface area contributed by atoms with Crippen LogP contribution in [0, 0.1) is 6.92 Å². The minimum absolute atomic E-state index is 0.0306. The van der Waals surface area contributed by atoms with Gasteiger partial charge in [-0.3, -0.25) is 0 Å². The second-order valence-electron chi connectivity index (χ2n) is 7.40. The highest BCUT2D eigenvalue weighted by atomic mass is 32.2. The largest absolute Gasteiger partial charge is 0.495 e. The van der Waals surface area contributed by atoms with Gasteiger partial charge < -0.3 is 19.7 Å². The second-order valence-corrected chi connectivity index (χ2v) is 14.9. The van der Waals surface area contributed by atoms with Gasteiger partial charge in [0.15, 0.2) is 5.82 Å². The Hall–Kier alpha value is -2.04. The van der Waals surface area contributed by atoms with E-state index in [2.05, 4.69) is 24.8 Å². The lowest BCUT2D eigenvalue weighted by Crippen LogP contribution is -2.34. The zero-order valence-electron chi connectivity index (χ0n) is 16.4. The van der Waals surface area contributed by atoms with Gasteiger partial charge in [-0.05, 0) is 25.1 Å². The summed E-state index contributed by atoms with van der Waals surface area (Å²) in [5, 5.41) is 3.84. The highest BCUT2D eigenvalue weighted by molar-refractivity contribution is 7.92. The molecule has 0 radical (unpaired) electrons. The van der Waals surface area contributed by atoms with Crippen LogP contribution in [0.1, 0.15) is 5.76 Å². The SMILES string of the molecule is COc1cc(S(=O)(=O)N(COCC[Si](C)(C)C)c2cc(C)on2)ccc1N. The molecule has 0 saturated carbocycles. The van der Waals surface area contributed by atoms with Crippen LogP contribution in [0.3, 0.4) is 0 Å². The first kappa shape index (κ1) is 21.3. The molecule has 0 saturated heterocycles. The van der Waals surface area contributed by atoms with Crippen LogP contribution in [-0.2, 0) is 14.8 Å². The van der Waals surface area contributed by atoms with E-state index in [1.54, 1.807) is 13.0 Å². The van der Waals surface area contributed by atoms with Crippen molar-refractivity contribution in [1.82, 2.24) is 5.16 Å². The highest BCUT2D eigenvalue weighted by Crippen LogP contribution is 2.29. The Morgan fingerprint density at radius 3 is 2.52 bits per heavy atom. The predicted molar refractivity (Wildman–Crippen MR) is 107 cm³/mol. The van der Waals surface area contributed by atoms with Crippen molar-refractivity contribution in [2.45, 2.75) is 37.5 Å². The van der Waals surface area contributed by atoms with Crippen molar-refractivity contribution in [3.63, 3.8) is 0 Å². The van der Waals surface area contributed by atoms with Gasteiger partial charge in [-0.15, -0.1) is 0 Å². The summed E-state index contributed by atoms with van der Waals surface area (Å²) in [5.41, 5.74) is 6.14. The first-order chi connectivity index (χ1) is 12.5. The van der Waals surface area contributed by atoms with E-state index < -0.39 is 18.1 Å². The minimum atomic E-state index is -3.94. The van der Waals surface area contributed by atoms with Crippen LogP contribution in [-0.4, -0.2) is 42.1 Å². The molecule has 0 fully saturated rings. The van der Waals surface area contributed by atoms with Crippen molar-refractivity contribution in [1.29, 1.82) is 0 Å². The first-order valence-corrected chi connectivity index (χ1v) is 13.7. The lowest BCUT2D eigenvalue weighted by atomic mass is 10.3. The molecule has 0 amide bonds. The van der Waals surface area contributed by atoms with Crippen LogP contribution in [0.2, 0.25) is 25.7 Å². The summed E-state index contributed by atoms with van der Waals surface area (Å²) >= 11 is 0. The molecular formula is C17H27N3O5SSi. The van der Waals surface area contributed by atoms with E-state index in [0.29, 0.717) is 18.1 Å². The van der Waals surface area contributed by atoms with Gasteiger partial charge in [0.1, 0.15) is 18.2 Å². The lowest BCUT2D eigenvalue weighted by Gasteiger charge is -2.23. The fourth-order valence-corrected chi connectivity index (χ4v) is 4.29. The molecule has 10 heteroatoms. The molecule has 0 atom stereocenters. The van der Waals surface area contributed by atoms with Crippen LogP contribution >= 0.6 is 0 Å². The zero-order valence-corrected chi connectivity index (χ0v) is 18.2. The molecule has 1 aromatic carbocycles. The number of nitrogen functional groups attached to an aromatic ring is 1. The summed E-state index contributed by atoms with van der Waals surface area (Å²) < 4.78 is 43.3. The summed E-state index contributed by atoms with van der Waals surface area (Å²) in [4.78, 5) is 0.0306. The van der Waals surface area contributed by atoms with Crippen LogP contribution in [0.5, 0.6) is 5.75 Å². The van der Waals surface area contributed by atoms with Gasteiger partial charge in [0.05, 0.1) is 17.7 Å². The maximum atomic E-state index is 13.2. The van der Waals surface area contributed by atoms with Gasteiger partial charge in [0, 0.05) is 26.8 Å². The van der Waals surface area contributed by atoms with Crippen molar-refractivity contribution in [2.24, 2.45) is 0 Å². The van der Waals surface area contributed by atoms with Crippen LogP contribution < -0.4 is 14.8 Å². The third-order valence-corrected chi connectivity index (χ3v) is 7.30. The van der Waals surface area contributed by atoms with Crippen LogP contribution in [0.25, 0.3) is 0 Å². The number of sulfonamides is 1. The number of aromatic nitrogens is 1. The summed E-state index contributed by atoms with van der Waals surface area (Å²) in [6.07, 6.45) is 0. The molecule has 2 aromatic rings. The number of benzene rings is 1. The second kappa shape index (κ2) is 8.32. The number of rotatable bonds is 9. The van der Waals surface area contributed by atoms with E-state index in [-0.39, 0.29) is 23.2 Å². The van der Waals surface area contributed by atoms with E-state index in [1.165, 1.54) is 25.3 Å². The molecule has 1 aromatic heterocycles. The fraction of sp³-hybridized carbons (Fsp3) is 0.471. The molecule has 1 heterocycles. The molecular weight excluding hydrogens is 386 g/mol. The van der Waals surface area contributed by atoms with Crippen LogP contribution in [0.4, 0.5) is 11.5 Å². The number of ether oxygens (including phenoxy) is 2. The number of nitrogens with zero attached hydrogens (tertiary/aromatic N) is 2. The van der Waals surface area contributed by atoms with Gasteiger partial charge in [-0.1, -0.05) is 24.8 Å². The van der Waals surface area contributed by atoms with Gasteiger partial charge >= 0.3 is 0 Å². The molecule has 0 aliphatic rings. The van der Waals surface area contributed by atoms with Gasteiger partial charge in [0.25, 0.3) is 10.0 Å². The molecule has 0 unspecified atom stereocenters. The molecule has 27 heavy (non-hydrogen) atoms. The first-order valence-electron chi connectivity index (χ1n) is 8.52. The van der Waals surface area contributed by atoms with Crippen molar-refractivity contribution >= 4 is 29.6 Å². The molecule has 0 aliphatic carbocycles. The summed E-state index contributed by atoms with van der Waals surface area (Å²) in [6.45, 7) is 8.69. The number of hydrogen-bond donors (Lipinski definition) is 1. The smallest absolute Gasteiger partial charge is 0.267 e. The molecule has 8 nitrogen and oxygen atoms in total. The predicted octanol–water partition coefficient (Wildman–Crippen LogP) is 3.08. The highest BCUT2D eigenvalue weighted by Gasteiger charge is 2.28. The van der Waals surface area contributed by atoms with Gasteiger partial charge in [-0.25, -0.2) is 12.7 Å². The van der Waals surface area contributed by atoms with Crippen molar-refractivity contribution in [2.75, 3.05) is 30.5 Å². The number of methoxy groups -OCH3 is 1. The molecule has 0 spiro atoms. The Kier molecular flexibility index (Phi) is 6.55. The minimum Gasteiger partial charge on any atom is -0.495 e. The summed E-state index contributed by atoms with van der Waals surface area (Å²) in [7, 11) is -3.80. The van der Waals surface area contributed by atoms with E-state index in [4.69, 9.17) is 19.7 Å². The molecule has 150 valence electrons. The Bertz CT molecular complexity index is 877. The summed E-state index contributed by atoms with van der Waals surface area (Å²) in [6, 6.07) is 6.77. The normalized spacial score (nSPS) is 12.2. The van der Waals surface area contributed by atoms with Crippen molar-refractivity contribution in [3.8, 4) is 5.75 Å². The average Bonchev–Trinajstić information content (AvgIpc) is 2.99. The molecule has 0 aliphatic heterocycles. The molecule has 2 N–H and O–H groups in total. The third kappa shape index (κ3) is 5.47. The average molecular weight is 414 g/mol. The van der Waals surface area contributed by atoms with E-state index in [9.17, 15) is 8.42 Å². The number of anilines is 2. The summed E-state index contributed by atoms with van der Waals surface area (Å²) in [5.74, 6) is 0.950. The lowest BCUT2D eigenvalue weighted by molar-refractivity contribution is 0.155. The Morgan fingerprint density at radius 2 is 1.96 bits per heavy atom. The number of nitrogens with two attached hydrogens (primary N) is 1. The molecule has 0 bridgehead atoms. The quantitative estimate of drug-likeness (QED) is 0.291. The van der Waals surface area contributed by atoms with Gasteiger partial charge in [0.2, 0.25) is 0 Å². The monoisotopic (exact) mass is 413 g/mol. The fourth-order valence-electron chi connectivity index (χ4n) is 2.23. The maximum absolute atomic E-state index is 13.2. The van der Waals surface area contributed by atoms with E-state index >= 15 is 0 Å². The topological polar surface area (TPSA) is 108 Å². The van der Waals surface area contributed by atoms with E-state index in [0.717, 1.165) is 10.3 Å². The van der Waals surface area contributed by atoms with Crippen molar-refractivity contribution in [3.05, 3.63) is 30.0 Å². The number of hydrogen-bond acceptors (Lipinski definition) is 7. The Balaban J connectivity index is 2.31. The standard InChI is InChI=1S/C17H27N3O5SSi/c1-13-10-17(19-25-13)20(12-24-8-9-27(3,4)5)26(21,22)14-6-7-15(18)16(11-14)23-2/h6-7,10-11H,8-9,12,18H2,1-5H3. The zero-order chi connectivity index (χ0) is 20.2. The maximum Gasteiger partial charge on any atom is 0.267 e. The molecule has 2 rings (SSSR count). The van der Waals surface area contributed by atoms with Gasteiger partial charge in [-0.2, -0.15) is 0 Å². The van der Waals surface area contributed by atoms with Crippen LogP contribution in [0.15, 0.2) is 33.7 Å². The number of aryl methyl sites for hydroxylation is 1. The third-order valence-electron chi connectivity index (χ3n) is 3.87.